The second-order valence-corrected chi connectivity index (χ2v) is 4.28. The molecule has 1 aliphatic heterocycles. The third-order valence-corrected chi connectivity index (χ3v) is 3.08. The number of methoxy groups -OCH3 is 1. The van der Waals surface area contributed by atoms with Crippen molar-refractivity contribution in [1.29, 1.82) is 0 Å². The molecular weight excluding hydrogens is 248 g/mol. The van der Waals surface area contributed by atoms with E-state index >= 15 is 0 Å². The molecule has 2 rings (SSSR count). The van der Waals surface area contributed by atoms with Crippen LogP contribution in [-0.4, -0.2) is 48.6 Å². The average molecular weight is 264 g/mol. The van der Waals surface area contributed by atoms with E-state index in [4.69, 9.17) is 4.74 Å². The van der Waals surface area contributed by atoms with Gasteiger partial charge in [-0.05, 0) is 17.7 Å². The summed E-state index contributed by atoms with van der Waals surface area (Å²) in [7, 11) is 1.52. The zero-order valence-corrected chi connectivity index (χ0v) is 10.6. The molecule has 0 aromatic heterocycles. The van der Waals surface area contributed by atoms with E-state index in [2.05, 4.69) is 5.32 Å². The summed E-state index contributed by atoms with van der Waals surface area (Å²) in [5.41, 5.74) is 0.544. The molecule has 1 atom stereocenters. The van der Waals surface area contributed by atoms with E-state index in [0.29, 0.717) is 24.4 Å². The summed E-state index contributed by atoms with van der Waals surface area (Å²) < 4.78 is 5.09. The number of carboxylic acids is 1. The lowest BCUT2D eigenvalue weighted by molar-refractivity contribution is -0.151. The number of rotatable bonds is 4. The van der Waals surface area contributed by atoms with Crippen molar-refractivity contribution in [3.8, 4) is 5.75 Å². The van der Waals surface area contributed by atoms with Crippen LogP contribution in [0.15, 0.2) is 24.3 Å². The monoisotopic (exact) mass is 264 g/mol. The van der Waals surface area contributed by atoms with Crippen molar-refractivity contribution in [1.82, 2.24) is 10.2 Å². The van der Waals surface area contributed by atoms with Gasteiger partial charge in [-0.2, -0.15) is 0 Å². The Labute approximate surface area is 111 Å². The van der Waals surface area contributed by atoms with Gasteiger partial charge >= 0.3 is 5.97 Å². The summed E-state index contributed by atoms with van der Waals surface area (Å²) in [6.07, 6.45) is 0. The number of aliphatic carboxylic acids is 1. The number of carboxylic acid groups (broad SMARTS) is 1. The Balaban J connectivity index is 2.33. The van der Waals surface area contributed by atoms with Gasteiger partial charge in [-0.25, -0.2) is 4.79 Å². The molecule has 19 heavy (non-hydrogen) atoms. The summed E-state index contributed by atoms with van der Waals surface area (Å²) in [4.78, 5) is 24.7. The fourth-order valence-corrected chi connectivity index (χ4v) is 2.16. The molecule has 1 aromatic rings. The molecule has 1 aliphatic rings. The van der Waals surface area contributed by atoms with Crippen LogP contribution in [0.3, 0.4) is 0 Å². The van der Waals surface area contributed by atoms with Gasteiger partial charge in [-0.15, -0.1) is 0 Å². The van der Waals surface area contributed by atoms with Gasteiger partial charge in [-0.3, -0.25) is 4.79 Å². The number of nitrogens with one attached hydrogen (secondary N) is 1. The molecule has 1 aromatic carbocycles. The van der Waals surface area contributed by atoms with E-state index < -0.39 is 12.0 Å². The third-order valence-electron chi connectivity index (χ3n) is 3.08. The van der Waals surface area contributed by atoms with Crippen molar-refractivity contribution >= 4 is 11.9 Å². The Bertz CT molecular complexity index is 489. The molecule has 0 aliphatic carbocycles. The number of benzene rings is 1. The number of piperazine rings is 1. The van der Waals surface area contributed by atoms with Crippen LogP contribution >= 0.6 is 0 Å². The topological polar surface area (TPSA) is 78.9 Å². The molecule has 6 nitrogen and oxygen atoms in total. The number of hydrogen-bond donors (Lipinski definition) is 2. The third kappa shape index (κ3) is 2.85. The second-order valence-electron chi connectivity index (χ2n) is 4.28. The van der Waals surface area contributed by atoms with Crippen molar-refractivity contribution in [2.45, 2.75) is 6.04 Å². The highest BCUT2D eigenvalue weighted by molar-refractivity contribution is 5.86. The smallest absolute Gasteiger partial charge is 0.331 e. The predicted octanol–water partition coefficient (Wildman–Crippen LogP) is 0.253. The van der Waals surface area contributed by atoms with Crippen molar-refractivity contribution in [2.24, 2.45) is 0 Å². The van der Waals surface area contributed by atoms with Gasteiger partial charge in [-0.1, -0.05) is 12.1 Å². The number of carbonyl (C=O) groups is 2. The van der Waals surface area contributed by atoms with Gasteiger partial charge in [0.2, 0.25) is 5.91 Å². The van der Waals surface area contributed by atoms with E-state index in [0.717, 1.165) is 0 Å². The summed E-state index contributed by atoms with van der Waals surface area (Å²) >= 11 is 0. The van der Waals surface area contributed by atoms with Crippen molar-refractivity contribution in [3.05, 3.63) is 29.8 Å². The number of carbonyl (C=O) groups excluding carboxylic acids is 1. The first-order valence-corrected chi connectivity index (χ1v) is 6.00. The highest BCUT2D eigenvalue weighted by atomic mass is 16.5. The quantitative estimate of drug-likeness (QED) is 0.815. The Hall–Kier alpha value is -2.08. The first-order chi connectivity index (χ1) is 9.13. The minimum absolute atomic E-state index is 0.174. The molecule has 1 unspecified atom stereocenters. The lowest BCUT2D eigenvalue weighted by Crippen LogP contribution is -2.51. The average Bonchev–Trinajstić information content (AvgIpc) is 2.41. The number of amides is 1. The summed E-state index contributed by atoms with van der Waals surface area (Å²) in [5, 5.41) is 12.3. The maximum atomic E-state index is 11.8. The molecule has 1 heterocycles. The zero-order chi connectivity index (χ0) is 13.8. The molecule has 0 bridgehead atoms. The first-order valence-electron chi connectivity index (χ1n) is 6.00. The maximum absolute atomic E-state index is 11.8. The number of nitrogens with zero attached hydrogens (tertiary/aromatic N) is 1. The molecular formula is C13H16N2O4. The van der Waals surface area contributed by atoms with E-state index in [1.807, 2.05) is 0 Å². The van der Waals surface area contributed by atoms with Gasteiger partial charge in [0.15, 0.2) is 6.04 Å². The molecule has 0 spiro atoms. The van der Waals surface area contributed by atoms with Gasteiger partial charge < -0.3 is 20.1 Å². The van der Waals surface area contributed by atoms with Crippen LogP contribution in [0.25, 0.3) is 0 Å². The van der Waals surface area contributed by atoms with Crippen molar-refractivity contribution in [3.63, 3.8) is 0 Å². The fourth-order valence-electron chi connectivity index (χ4n) is 2.16. The summed E-state index contributed by atoms with van der Waals surface area (Å²) in [5.74, 6) is -0.670. The highest BCUT2D eigenvalue weighted by Gasteiger charge is 2.32. The SMILES string of the molecule is COc1cccc(C(C(=O)O)N2CCNCC2=O)c1. The lowest BCUT2D eigenvalue weighted by Gasteiger charge is -2.32. The van der Waals surface area contributed by atoms with Crippen LogP contribution in [0.2, 0.25) is 0 Å². The van der Waals surface area contributed by atoms with Gasteiger partial charge in [0, 0.05) is 13.1 Å². The molecule has 0 saturated carbocycles. The summed E-state index contributed by atoms with van der Waals surface area (Å²) in [6, 6.07) is 5.83. The molecule has 6 heteroatoms. The van der Waals surface area contributed by atoms with Gasteiger partial charge in [0.25, 0.3) is 0 Å². The van der Waals surface area contributed by atoms with Crippen LogP contribution in [0.5, 0.6) is 5.75 Å². The van der Waals surface area contributed by atoms with Crippen LogP contribution in [0.4, 0.5) is 0 Å². The minimum atomic E-state index is -1.04. The molecule has 1 amide bonds. The molecule has 102 valence electrons. The minimum Gasteiger partial charge on any atom is -0.497 e. The van der Waals surface area contributed by atoms with Crippen LogP contribution < -0.4 is 10.1 Å². The first kappa shape index (κ1) is 13.4. The Morgan fingerprint density at radius 2 is 2.32 bits per heavy atom. The van der Waals surface area contributed by atoms with Gasteiger partial charge in [0.05, 0.1) is 13.7 Å². The fraction of sp³-hybridized carbons (Fsp3) is 0.385. The zero-order valence-electron chi connectivity index (χ0n) is 10.6. The van der Waals surface area contributed by atoms with Crippen molar-refractivity contribution < 1.29 is 19.4 Å². The van der Waals surface area contributed by atoms with Crippen LogP contribution in [0, 0.1) is 0 Å². The lowest BCUT2D eigenvalue weighted by atomic mass is 10.0. The Morgan fingerprint density at radius 3 is 2.95 bits per heavy atom. The van der Waals surface area contributed by atoms with Crippen molar-refractivity contribution in [2.75, 3.05) is 26.7 Å². The Morgan fingerprint density at radius 1 is 1.53 bits per heavy atom. The van der Waals surface area contributed by atoms with Gasteiger partial charge in [0.1, 0.15) is 5.75 Å². The number of hydrogen-bond acceptors (Lipinski definition) is 4. The van der Waals surface area contributed by atoms with Crippen LogP contribution in [-0.2, 0) is 9.59 Å². The van der Waals surface area contributed by atoms with Crippen LogP contribution in [0.1, 0.15) is 11.6 Å². The molecule has 2 N–H and O–H groups in total. The molecule has 1 fully saturated rings. The van der Waals surface area contributed by atoms with E-state index in [9.17, 15) is 14.7 Å². The highest BCUT2D eigenvalue weighted by Crippen LogP contribution is 2.25. The summed E-state index contributed by atoms with van der Waals surface area (Å²) in [6.45, 7) is 1.15. The van der Waals surface area contributed by atoms with E-state index in [1.165, 1.54) is 12.0 Å². The molecule has 0 radical (unpaired) electrons. The standard InChI is InChI=1S/C13H16N2O4/c1-19-10-4-2-3-9(7-10)12(13(17)18)15-6-5-14-8-11(15)16/h2-4,7,12,14H,5-6,8H2,1H3,(H,17,18). The Kier molecular flexibility index (Phi) is 4.01. The maximum Gasteiger partial charge on any atom is 0.331 e. The molecule has 1 saturated heterocycles. The van der Waals surface area contributed by atoms with E-state index in [-0.39, 0.29) is 12.5 Å². The predicted molar refractivity (Wildman–Crippen MR) is 68.0 cm³/mol. The largest absolute Gasteiger partial charge is 0.497 e. The number of ether oxygens (including phenoxy) is 1. The normalized spacial score (nSPS) is 17.1. The van der Waals surface area contributed by atoms with E-state index in [1.54, 1.807) is 24.3 Å². The second kappa shape index (κ2) is 5.71.